The quantitative estimate of drug-likeness (QED) is 0.598. The molecule has 3 saturated carbocycles. The first-order valence-corrected chi connectivity index (χ1v) is 13.7. The lowest BCUT2D eigenvalue weighted by Gasteiger charge is -2.38. The molecule has 8 heteroatoms. The summed E-state index contributed by atoms with van der Waals surface area (Å²) in [5, 5.41) is 6.21. The zero-order valence-electron chi connectivity index (χ0n) is 20.7. The highest BCUT2D eigenvalue weighted by Crippen LogP contribution is 2.67. The van der Waals surface area contributed by atoms with Crippen LogP contribution in [0.2, 0.25) is 0 Å². The molecule has 194 valence electrons. The zero-order chi connectivity index (χ0) is 25.1. The lowest BCUT2D eigenvalue weighted by atomic mass is 9.78. The molecule has 2 aliphatic heterocycles. The Morgan fingerprint density at radius 2 is 1.78 bits per heavy atom. The molecule has 1 unspecified atom stereocenters. The van der Waals surface area contributed by atoms with Crippen molar-refractivity contribution in [1.29, 1.82) is 0 Å². The number of nitrogens with one attached hydrogen (secondary N) is 2. The van der Waals surface area contributed by atoms with Crippen molar-refractivity contribution < 1.29 is 23.2 Å². The van der Waals surface area contributed by atoms with Gasteiger partial charge in [0, 0.05) is 42.4 Å². The number of piperidine rings is 1. The smallest absolute Gasteiger partial charge is 0.255 e. The van der Waals surface area contributed by atoms with E-state index in [2.05, 4.69) is 16.7 Å². The Bertz CT molecular complexity index is 1080. The molecule has 0 bridgehead atoms. The molecule has 0 radical (unpaired) electrons. The Morgan fingerprint density at radius 3 is 2.50 bits per heavy atom. The van der Waals surface area contributed by atoms with E-state index in [0.29, 0.717) is 49.4 Å². The van der Waals surface area contributed by atoms with Gasteiger partial charge in [-0.2, -0.15) is 0 Å². The SMILES string of the molecule is O=C1CCC(N2Cc3cc(C[C@H]4CCCC[C@@H]4N[C@H]4CC[C@@]5(CC4)CC5(F)F)ccc3C2=O)C(=O)N1. The van der Waals surface area contributed by atoms with Crippen LogP contribution in [0.5, 0.6) is 0 Å². The second-order valence-corrected chi connectivity index (χ2v) is 11.8. The normalized spacial score (nSPS) is 35.6. The maximum Gasteiger partial charge on any atom is 0.255 e. The number of hydrogen-bond acceptors (Lipinski definition) is 4. The van der Waals surface area contributed by atoms with E-state index in [1.165, 1.54) is 18.4 Å². The molecule has 36 heavy (non-hydrogen) atoms. The number of rotatable bonds is 5. The summed E-state index contributed by atoms with van der Waals surface area (Å²) in [7, 11) is 0. The fraction of sp³-hybridized carbons (Fsp3) is 0.679. The van der Waals surface area contributed by atoms with Gasteiger partial charge in [-0.3, -0.25) is 19.7 Å². The van der Waals surface area contributed by atoms with E-state index in [0.717, 1.165) is 37.7 Å². The minimum absolute atomic E-state index is 0.0839. The van der Waals surface area contributed by atoms with Crippen LogP contribution >= 0.6 is 0 Å². The van der Waals surface area contributed by atoms with Crippen molar-refractivity contribution in [2.45, 2.75) is 108 Å². The Kier molecular flexibility index (Phi) is 5.93. The second-order valence-electron chi connectivity index (χ2n) is 11.8. The van der Waals surface area contributed by atoms with Crippen molar-refractivity contribution in [3.8, 4) is 0 Å². The topological polar surface area (TPSA) is 78.5 Å². The standard InChI is InChI=1S/C28H35F2N3O3/c29-28(30)16-27(28)11-9-20(10-12-27)31-22-4-2-1-3-18(22)13-17-5-6-21-19(14-17)15-33(26(21)36)23-7-8-24(34)32-25(23)35/h5-6,14,18,20,22-23,31H,1-4,7-13,15-16H2,(H,32,34,35)/t18-,20-,22+,23?,27+/m1/s1. The van der Waals surface area contributed by atoms with Crippen LogP contribution in [-0.2, 0) is 22.6 Å². The molecule has 2 heterocycles. The number of benzene rings is 1. The number of nitrogens with zero attached hydrogens (tertiary/aromatic N) is 1. The van der Waals surface area contributed by atoms with E-state index >= 15 is 0 Å². The van der Waals surface area contributed by atoms with Crippen LogP contribution in [0.15, 0.2) is 18.2 Å². The first-order chi connectivity index (χ1) is 17.2. The fourth-order valence-electron chi connectivity index (χ4n) is 7.29. The predicted molar refractivity (Wildman–Crippen MR) is 129 cm³/mol. The van der Waals surface area contributed by atoms with Crippen LogP contribution in [0.4, 0.5) is 8.78 Å². The minimum atomic E-state index is -2.44. The van der Waals surface area contributed by atoms with Crippen LogP contribution in [0.1, 0.15) is 92.1 Å². The molecule has 1 aromatic carbocycles. The fourth-order valence-corrected chi connectivity index (χ4v) is 7.29. The van der Waals surface area contributed by atoms with Crippen molar-refractivity contribution in [3.05, 3.63) is 34.9 Å². The molecular formula is C28H35F2N3O3. The molecule has 4 fully saturated rings. The Balaban J connectivity index is 1.09. The van der Waals surface area contributed by atoms with Gasteiger partial charge in [0.25, 0.3) is 11.8 Å². The number of fused-ring (bicyclic) bond motifs is 1. The molecular weight excluding hydrogens is 464 g/mol. The second kappa shape index (κ2) is 8.89. The highest BCUT2D eigenvalue weighted by atomic mass is 19.3. The zero-order valence-corrected chi connectivity index (χ0v) is 20.7. The van der Waals surface area contributed by atoms with Gasteiger partial charge < -0.3 is 10.2 Å². The molecule has 6 rings (SSSR count). The predicted octanol–water partition coefficient (Wildman–Crippen LogP) is 4.11. The summed E-state index contributed by atoms with van der Waals surface area (Å²) >= 11 is 0. The first-order valence-electron chi connectivity index (χ1n) is 13.7. The van der Waals surface area contributed by atoms with Gasteiger partial charge in [0.2, 0.25) is 11.8 Å². The third kappa shape index (κ3) is 4.25. The molecule has 3 atom stereocenters. The largest absolute Gasteiger partial charge is 0.322 e. The number of amides is 3. The van der Waals surface area contributed by atoms with Crippen molar-refractivity contribution >= 4 is 17.7 Å². The Hall–Kier alpha value is -2.35. The molecule has 0 aromatic heterocycles. The summed E-state index contributed by atoms with van der Waals surface area (Å²) < 4.78 is 27.5. The van der Waals surface area contributed by atoms with E-state index < -0.39 is 17.4 Å². The van der Waals surface area contributed by atoms with E-state index in [9.17, 15) is 23.2 Å². The molecule has 2 N–H and O–H groups in total. The molecule has 3 amide bonds. The number of imide groups is 1. The van der Waals surface area contributed by atoms with Crippen LogP contribution in [-0.4, -0.2) is 46.7 Å². The van der Waals surface area contributed by atoms with Gasteiger partial charge in [-0.15, -0.1) is 0 Å². The van der Waals surface area contributed by atoms with Crippen LogP contribution in [0.3, 0.4) is 0 Å². The van der Waals surface area contributed by atoms with Gasteiger partial charge in [-0.05, 0) is 74.5 Å². The monoisotopic (exact) mass is 499 g/mol. The van der Waals surface area contributed by atoms with E-state index in [1.807, 2.05) is 12.1 Å². The van der Waals surface area contributed by atoms with Gasteiger partial charge in [0.05, 0.1) is 0 Å². The molecule has 6 nitrogen and oxygen atoms in total. The number of alkyl halides is 2. The number of carbonyl (C=O) groups is 3. The maximum absolute atomic E-state index is 13.8. The van der Waals surface area contributed by atoms with Crippen molar-refractivity contribution in [2.75, 3.05) is 0 Å². The van der Waals surface area contributed by atoms with Crippen molar-refractivity contribution in [3.63, 3.8) is 0 Å². The summed E-state index contributed by atoms with van der Waals surface area (Å²) in [5.41, 5.74) is 2.10. The van der Waals surface area contributed by atoms with Gasteiger partial charge in [-0.25, -0.2) is 8.78 Å². The lowest BCUT2D eigenvalue weighted by molar-refractivity contribution is -0.136. The molecule has 3 aliphatic carbocycles. The van der Waals surface area contributed by atoms with Crippen LogP contribution in [0, 0.1) is 11.3 Å². The summed E-state index contributed by atoms with van der Waals surface area (Å²) in [6.07, 6.45) is 9.25. The third-order valence-corrected chi connectivity index (χ3v) is 9.60. The highest BCUT2D eigenvalue weighted by molar-refractivity contribution is 6.05. The van der Waals surface area contributed by atoms with Crippen LogP contribution in [0.25, 0.3) is 0 Å². The maximum atomic E-state index is 13.8. The number of hydrogen-bond donors (Lipinski definition) is 2. The van der Waals surface area contributed by atoms with Crippen molar-refractivity contribution in [1.82, 2.24) is 15.5 Å². The summed E-state index contributed by atoms with van der Waals surface area (Å²) in [6.45, 7) is 0.398. The summed E-state index contributed by atoms with van der Waals surface area (Å²) in [6, 6.07) is 6.17. The Labute approximate surface area is 210 Å². The molecule has 5 aliphatic rings. The van der Waals surface area contributed by atoms with Crippen LogP contribution < -0.4 is 10.6 Å². The lowest BCUT2D eigenvalue weighted by Crippen LogP contribution is -2.52. The van der Waals surface area contributed by atoms with Gasteiger partial charge in [-0.1, -0.05) is 25.0 Å². The molecule has 1 spiro atoms. The van der Waals surface area contributed by atoms with E-state index in [-0.39, 0.29) is 30.6 Å². The molecule has 1 saturated heterocycles. The van der Waals surface area contributed by atoms with E-state index in [1.54, 1.807) is 4.90 Å². The summed E-state index contributed by atoms with van der Waals surface area (Å²) in [5.74, 6) is -2.76. The van der Waals surface area contributed by atoms with Gasteiger partial charge in [0.15, 0.2) is 0 Å². The molecule has 1 aromatic rings. The average Bonchev–Trinajstić information content (AvgIpc) is 3.22. The first kappa shape index (κ1) is 24.0. The highest BCUT2D eigenvalue weighted by Gasteiger charge is 2.70. The van der Waals surface area contributed by atoms with Gasteiger partial charge in [0.1, 0.15) is 6.04 Å². The summed E-state index contributed by atoms with van der Waals surface area (Å²) in [4.78, 5) is 38.4. The Morgan fingerprint density at radius 1 is 1.03 bits per heavy atom. The number of carbonyl (C=O) groups excluding carboxylic acids is 3. The van der Waals surface area contributed by atoms with E-state index in [4.69, 9.17) is 0 Å². The third-order valence-electron chi connectivity index (χ3n) is 9.60. The number of halogens is 2. The van der Waals surface area contributed by atoms with Gasteiger partial charge >= 0.3 is 0 Å². The van der Waals surface area contributed by atoms with Crippen molar-refractivity contribution in [2.24, 2.45) is 11.3 Å². The average molecular weight is 500 g/mol. The minimum Gasteiger partial charge on any atom is -0.322 e.